The third-order valence-corrected chi connectivity index (χ3v) is 5.61. The molecule has 0 spiro atoms. The molecule has 3 amide bonds. The van der Waals surface area contributed by atoms with Crippen molar-refractivity contribution in [1.29, 1.82) is 0 Å². The van der Waals surface area contributed by atoms with Crippen molar-refractivity contribution in [1.82, 2.24) is 4.90 Å². The van der Waals surface area contributed by atoms with Crippen LogP contribution in [0.5, 0.6) is 0 Å². The van der Waals surface area contributed by atoms with Crippen molar-refractivity contribution in [3.8, 4) is 0 Å². The zero-order chi connectivity index (χ0) is 22.4. The maximum atomic E-state index is 12.6. The van der Waals surface area contributed by atoms with E-state index in [1.165, 1.54) is 0 Å². The molecule has 6 nitrogen and oxygen atoms in total. The van der Waals surface area contributed by atoms with Crippen LogP contribution in [0.3, 0.4) is 0 Å². The number of anilines is 2. The highest BCUT2D eigenvalue weighted by molar-refractivity contribution is 6.05. The molecule has 31 heavy (non-hydrogen) atoms. The second-order valence-corrected chi connectivity index (χ2v) is 8.36. The minimum Gasteiger partial charge on any atom is -0.342 e. The van der Waals surface area contributed by atoms with E-state index in [1.807, 2.05) is 24.3 Å². The number of hydrogen-bond acceptors (Lipinski definition) is 3. The second-order valence-electron chi connectivity index (χ2n) is 8.36. The van der Waals surface area contributed by atoms with E-state index in [0.717, 1.165) is 24.1 Å². The van der Waals surface area contributed by atoms with Gasteiger partial charge in [0, 0.05) is 36.4 Å². The molecule has 1 aliphatic rings. The number of para-hydroxylation sites is 1. The molecule has 1 saturated heterocycles. The molecule has 0 bridgehead atoms. The molecule has 1 atom stereocenters. The average Bonchev–Trinajstić information content (AvgIpc) is 3.13. The zero-order valence-electron chi connectivity index (χ0n) is 18.5. The summed E-state index contributed by atoms with van der Waals surface area (Å²) in [5.41, 5.74) is 3.01. The first-order valence-corrected chi connectivity index (χ1v) is 11.0. The van der Waals surface area contributed by atoms with E-state index in [0.29, 0.717) is 30.3 Å². The fraction of sp³-hybridized carbons (Fsp3) is 0.400. The topological polar surface area (TPSA) is 78.5 Å². The zero-order valence-corrected chi connectivity index (χ0v) is 18.5. The quantitative estimate of drug-likeness (QED) is 0.651. The maximum Gasteiger partial charge on any atom is 0.255 e. The fourth-order valence-corrected chi connectivity index (χ4v) is 3.77. The molecule has 2 aromatic rings. The standard InChI is InChI=1S/C25H31N3O3/c1-4-5-14-28-16-19(15-23(28)29)25(31)26-20-12-10-18(11-13-20)24(30)27-22-9-7-6-8-21(22)17(2)3/h6-13,17,19H,4-5,14-16H2,1-3H3,(H,26,31)(H,27,30). The van der Waals surface area contributed by atoms with Gasteiger partial charge in [0.1, 0.15) is 0 Å². The first-order valence-electron chi connectivity index (χ1n) is 11.0. The molecule has 0 aromatic heterocycles. The van der Waals surface area contributed by atoms with Crippen molar-refractivity contribution < 1.29 is 14.4 Å². The van der Waals surface area contributed by atoms with Crippen LogP contribution in [0, 0.1) is 5.92 Å². The van der Waals surface area contributed by atoms with Crippen LogP contribution < -0.4 is 10.6 Å². The van der Waals surface area contributed by atoms with Crippen LogP contribution in [0.1, 0.15) is 61.9 Å². The lowest BCUT2D eigenvalue weighted by molar-refractivity contribution is -0.128. The molecule has 0 aliphatic carbocycles. The lowest BCUT2D eigenvalue weighted by Crippen LogP contribution is -2.29. The Balaban J connectivity index is 1.58. The molecule has 3 rings (SSSR count). The van der Waals surface area contributed by atoms with Crippen LogP contribution >= 0.6 is 0 Å². The number of hydrogen-bond donors (Lipinski definition) is 2. The van der Waals surface area contributed by atoms with Crippen molar-refractivity contribution in [2.75, 3.05) is 23.7 Å². The third-order valence-electron chi connectivity index (χ3n) is 5.61. The van der Waals surface area contributed by atoms with Gasteiger partial charge in [-0.2, -0.15) is 0 Å². The normalized spacial score (nSPS) is 15.9. The van der Waals surface area contributed by atoms with Crippen molar-refractivity contribution in [3.63, 3.8) is 0 Å². The highest BCUT2D eigenvalue weighted by Crippen LogP contribution is 2.25. The van der Waals surface area contributed by atoms with Crippen LogP contribution in [0.2, 0.25) is 0 Å². The minimum atomic E-state index is -0.333. The predicted octanol–water partition coefficient (Wildman–Crippen LogP) is 4.65. The molecule has 1 heterocycles. The molecular formula is C25H31N3O3. The number of rotatable bonds is 8. The summed E-state index contributed by atoms with van der Waals surface area (Å²) < 4.78 is 0. The molecular weight excluding hydrogens is 390 g/mol. The Bertz CT molecular complexity index is 937. The lowest BCUT2D eigenvalue weighted by Gasteiger charge is -2.16. The van der Waals surface area contributed by atoms with Gasteiger partial charge in [0.2, 0.25) is 11.8 Å². The number of unbranched alkanes of at least 4 members (excludes halogenated alkanes) is 1. The number of nitrogens with zero attached hydrogens (tertiary/aromatic N) is 1. The van der Waals surface area contributed by atoms with Crippen molar-refractivity contribution >= 4 is 29.1 Å². The monoisotopic (exact) mass is 421 g/mol. The first-order chi connectivity index (χ1) is 14.9. The predicted molar refractivity (Wildman–Crippen MR) is 123 cm³/mol. The largest absolute Gasteiger partial charge is 0.342 e. The van der Waals surface area contributed by atoms with Crippen molar-refractivity contribution in [2.45, 2.75) is 46.0 Å². The van der Waals surface area contributed by atoms with Crippen LogP contribution in [-0.4, -0.2) is 35.7 Å². The Labute approximate surface area is 184 Å². The Morgan fingerprint density at radius 3 is 2.45 bits per heavy atom. The van der Waals surface area contributed by atoms with E-state index in [2.05, 4.69) is 31.4 Å². The van der Waals surface area contributed by atoms with E-state index in [-0.39, 0.29) is 30.1 Å². The van der Waals surface area contributed by atoms with Gasteiger partial charge in [0.15, 0.2) is 0 Å². The van der Waals surface area contributed by atoms with Gasteiger partial charge in [-0.25, -0.2) is 0 Å². The van der Waals surface area contributed by atoms with Gasteiger partial charge >= 0.3 is 0 Å². The van der Waals surface area contributed by atoms with Gasteiger partial charge in [0.25, 0.3) is 5.91 Å². The smallest absolute Gasteiger partial charge is 0.255 e. The van der Waals surface area contributed by atoms with Gasteiger partial charge in [-0.05, 0) is 48.2 Å². The summed E-state index contributed by atoms with van der Waals surface area (Å²) in [5.74, 6) is -0.342. The molecule has 164 valence electrons. The molecule has 2 aromatic carbocycles. The summed E-state index contributed by atoms with van der Waals surface area (Å²) in [6.45, 7) is 7.44. The molecule has 0 radical (unpaired) electrons. The van der Waals surface area contributed by atoms with Crippen LogP contribution in [0.15, 0.2) is 48.5 Å². The SMILES string of the molecule is CCCCN1CC(C(=O)Nc2ccc(C(=O)Nc3ccccc3C(C)C)cc2)CC1=O. The number of nitrogens with one attached hydrogen (secondary N) is 2. The number of likely N-dealkylation sites (tertiary alicyclic amines) is 1. The molecule has 2 N–H and O–H groups in total. The summed E-state index contributed by atoms with van der Waals surface area (Å²) in [7, 11) is 0. The average molecular weight is 422 g/mol. The number of carbonyl (C=O) groups excluding carboxylic acids is 3. The van der Waals surface area contributed by atoms with E-state index in [9.17, 15) is 14.4 Å². The number of benzene rings is 2. The Morgan fingerprint density at radius 1 is 1.06 bits per heavy atom. The van der Waals surface area contributed by atoms with E-state index in [4.69, 9.17) is 0 Å². The summed E-state index contributed by atoms with van der Waals surface area (Å²) >= 11 is 0. The van der Waals surface area contributed by atoms with E-state index in [1.54, 1.807) is 29.2 Å². The Kier molecular flexibility index (Phi) is 7.45. The molecule has 0 saturated carbocycles. The highest BCUT2D eigenvalue weighted by atomic mass is 16.2. The minimum absolute atomic E-state index is 0.0438. The number of carbonyl (C=O) groups is 3. The summed E-state index contributed by atoms with van der Waals surface area (Å²) in [6.07, 6.45) is 2.22. The first kappa shape index (κ1) is 22.5. The molecule has 6 heteroatoms. The van der Waals surface area contributed by atoms with Crippen molar-refractivity contribution in [3.05, 3.63) is 59.7 Å². The van der Waals surface area contributed by atoms with Crippen LogP contribution in [0.25, 0.3) is 0 Å². The van der Waals surface area contributed by atoms with Gasteiger partial charge in [-0.1, -0.05) is 45.4 Å². The lowest BCUT2D eigenvalue weighted by atomic mass is 10.0. The Hall–Kier alpha value is -3.15. The summed E-state index contributed by atoms with van der Waals surface area (Å²) in [6, 6.07) is 14.6. The van der Waals surface area contributed by atoms with Crippen molar-refractivity contribution in [2.24, 2.45) is 5.92 Å². The Morgan fingerprint density at radius 2 is 1.77 bits per heavy atom. The fourth-order valence-electron chi connectivity index (χ4n) is 3.77. The highest BCUT2D eigenvalue weighted by Gasteiger charge is 2.33. The van der Waals surface area contributed by atoms with Gasteiger partial charge in [-0.3, -0.25) is 14.4 Å². The van der Waals surface area contributed by atoms with Gasteiger partial charge < -0.3 is 15.5 Å². The summed E-state index contributed by atoms with van der Waals surface area (Å²) in [5, 5.41) is 5.84. The number of amides is 3. The molecule has 1 unspecified atom stereocenters. The van der Waals surface area contributed by atoms with Crippen LogP contribution in [-0.2, 0) is 9.59 Å². The summed E-state index contributed by atoms with van der Waals surface area (Å²) in [4.78, 5) is 39.1. The van der Waals surface area contributed by atoms with E-state index >= 15 is 0 Å². The van der Waals surface area contributed by atoms with Crippen LogP contribution in [0.4, 0.5) is 11.4 Å². The maximum absolute atomic E-state index is 12.6. The molecule has 1 fully saturated rings. The molecule has 1 aliphatic heterocycles. The van der Waals surface area contributed by atoms with E-state index < -0.39 is 0 Å². The van der Waals surface area contributed by atoms with Gasteiger partial charge in [0.05, 0.1) is 5.92 Å². The van der Waals surface area contributed by atoms with Gasteiger partial charge in [-0.15, -0.1) is 0 Å². The second kappa shape index (κ2) is 10.2. The third kappa shape index (κ3) is 5.72.